The molecule has 27 heavy (non-hydrogen) atoms. The van der Waals surface area contributed by atoms with Gasteiger partial charge in [0.15, 0.2) is 5.96 Å². The van der Waals surface area contributed by atoms with E-state index >= 15 is 0 Å². The van der Waals surface area contributed by atoms with Gasteiger partial charge in [0, 0.05) is 52.5 Å². The first-order chi connectivity index (χ1) is 12.9. The van der Waals surface area contributed by atoms with Gasteiger partial charge >= 0.3 is 0 Å². The second-order valence-corrected chi connectivity index (χ2v) is 6.17. The lowest BCUT2D eigenvalue weighted by molar-refractivity contribution is 0.0420. The molecule has 0 bridgehead atoms. The molecule has 2 N–H and O–H groups in total. The fraction of sp³-hybridized carbons (Fsp3) is 0.737. The lowest BCUT2D eigenvalue weighted by Gasteiger charge is -2.13. The minimum absolute atomic E-state index is 0. The van der Waals surface area contributed by atoms with E-state index in [9.17, 15) is 0 Å². The third kappa shape index (κ3) is 11.6. The molecule has 2 heterocycles. The van der Waals surface area contributed by atoms with Crippen molar-refractivity contribution >= 4 is 29.9 Å². The van der Waals surface area contributed by atoms with Crippen LogP contribution in [0, 0.1) is 0 Å². The van der Waals surface area contributed by atoms with E-state index < -0.39 is 0 Å². The Balaban J connectivity index is 0.00000364. The zero-order valence-corrected chi connectivity index (χ0v) is 18.6. The van der Waals surface area contributed by atoms with E-state index in [0.29, 0.717) is 0 Å². The minimum atomic E-state index is 0. The Labute approximate surface area is 179 Å². The molecule has 7 nitrogen and oxygen atoms in total. The number of ether oxygens (including phenoxy) is 3. The molecule has 1 atom stereocenters. The normalized spacial score (nSPS) is 16.9. The van der Waals surface area contributed by atoms with E-state index in [1.165, 1.54) is 0 Å². The maximum Gasteiger partial charge on any atom is 0.191 e. The molecule has 1 aliphatic heterocycles. The molecule has 1 aromatic rings. The average Bonchev–Trinajstić information content (AvgIpc) is 3.34. The molecule has 1 unspecified atom stereocenters. The lowest BCUT2D eigenvalue weighted by Crippen LogP contribution is -2.39. The molecule has 156 valence electrons. The van der Waals surface area contributed by atoms with Gasteiger partial charge in [0.25, 0.3) is 0 Å². The third-order valence-electron chi connectivity index (χ3n) is 4.02. The maximum absolute atomic E-state index is 5.79. The summed E-state index contributed by atoms with van der Waals surface area (Å²) in [5.74, 6) is 1.80. The summed E-state index contributed by atoms with van der Waals surface area (Å²) in [5.41, 5.74) is 0. The number of nitrogens with zero attached hydrogens (tertiary/aromatic N) is 1. The van der Waals surface area contributed by atoms with Crippen molar-refractivity contribution in [2.24, 2.45) is 4.99 Å². The van der Waals surface area contributed by atoms with E-state index in [1.807, 2.05) is 19.1 Å². The Bertz CT molecular complexity index is 479. The smallest absolute Gasteiger partial charge is 0.191 e. The summed E-state index contributed by atoms with van der Waals surface area (Å²) >= 11 is 0. The van der Waals surface area contributed by atoms with Crippen LogP contribution in [0.15, 0.2) is 27.8 Å². The van der Waals surface area contributed by atoms with Crippen molar-refractivity contribution in [2.45, 2.75) is 38.7 Å². The number of aliphatic imine (C=N–C) groups is 1. The molecule has 0 aliphatic carbocycles. The van der Waals surface area contributed by atoms with Gasteiger partial charge in [-0.2, -0.15) is 0 Å². The quantitative estimate of drug-likeness (QED) is 0.190. The summed E-state index contributed by atoms with van der Waals surface area (Å²) < 4.78 is 21.8. The van der Waals surface area contributed by atoms with Gasteiger partial charge < -0.3 is 29.3 Å². The van der Waals surface area contributed by atoms with Gasteiger partial charge in [0.2, 0.25) is 0 Å². The van der Waals surface area contributed by atoms with Crippen LogP contribution in [0.1, 0.15) is 31.9 Å². The molecular formula is C19H34IN3O4. The first-order valence-corrected chi connectivity index (χ1v) is 9.70. The summed E-state index contributed by atoms with van der Waals surface area (Å²) in [4.78, 5) is 4.61. The highest BCUT2D eigenvalue weighted by Crippen LogP contribution is 2.07. The van der Waals surface area contributed by atoms with Crippen LogP contribution in [-0.4, -0.2) is 64.7 Å². The molecule has 2 rings (SSSR count). The van der Waals surface area contributed by atoms with Crippen molar-refractivity contribution in [1.82, 2.24) is 10.6 Å². The standard InChI is InChI=1S/C19H33N3O4.HI/c1-2-23-12-4-9-20-19(22-11-7-17-6-3-13-25-17)21-10-5-14-26-18-8-15-24-16-18;/h3,6,13,18H,2,4-5,7-12,14-16H2,1H3,(H2,20,21,22);1H. The predicted molar refractivity (Wildman–Crippen MR) is 117 cm³/mol. The van der Waals surface area contributed by atoms with Gasteiger partial charge in [0.05, 0.1) is 19.0 Å². The number of rotatable bonds is 13. The minimum Gasteiger partial charge on any atom is -0.469 e. The highest BCUT2D eigenvalue weighted by atomic mass is 127. The zero-order valence-electron chi connectivity index (χ0n) is 16.3. The van der Waals surface area contributed by atoms with Gasteiger partial charge in [0.1, 0.15) is 5.76 Å². The van der Waals surface area contributed by atoms with Gasteiger partial charge in [-0.25, -0.2) is 0 Å². The number of furan rings is 1. The molecule has 1 aliphatic rings. The molecule has 0 spiro atoms. The molecule has 0 aromatic carbocycles. The Morgan fingerprint density at radius 3 is 2.89 bits per heavy atom. The molecule has 1 aromatic heterocycles. The van der Waals surface area contributed by atoms with E-state index in [0.717, 1.165) is 90.1 Å². The number of halogens is 1. The first kappa shape index (κ1) is 24.2. The number of hydrogen-bond donors (Lipinski definition) is 2. The van der Waals surface area contributed by atoms with E-state index in [-0.39, 0.29) is 30.1 Å². The zero-order chi connectivity index (χ0) is 18.3. The number of guanidine groups is 1. The van der Waals surface area contributed by atoms with E-state index in [4.69, 9.17) is 18.6 Å². The van der Waals surface area contributed by atoms with Crippen LogP contribution in [-0.2, 0) is 20.6 Å². The topological polar surface area (TPSA) is 77.2 Å². The van der Waals surface area contributed by atoms with Gasteiger partial charge in [-0.1, -0.05) is 0 Å². The number of hydrogen-bond acceptors (Lipinski definition) is 5. The largest absolute Gasteiger partial charge is 0.469 e. The van der Waals surface area contributed by atoms with Crippen molar-refractivity contribution in [1.29, 1.82) is 0 Å². The fourth-order valence-electron chi connectivity index (χ4n) is 2.61. The monoisotopic (exact) mass is 495 g/mol. The number of nitrogens with one attached hydrogen (secondary N) is 2. The molecule has 0 saturated carbocycles. The van der Waals surface area contributed by atoms with Crippen molar-refractivity contribution in [3.63, 3.8) is 0 Å². The van der Waals surface area contributed by atoms with Crippen molar-refractivity contribution in [3.05, 3.63) is 24.2 Å². The summed E-state index contributed by atoms with van der Waals surface area (Å²) in [6.07, 6.45) is 5.67. The van der Waals surface area contributed by atoms with Gasteiger partial charge in [-0.05, 0) is 38.3 Å². The van der Waals surface area contributed by atoms with Crippen molar-refractivity contribution < 1.29 is 18.6 Å². The summed E-state index contributed by atoms with van der Waals surface area (Å²) in [7, 11) is 0. The fourth-order valence-corrected chi connectivity index (χ4v) is 2.61. The summed E-state index contributed by atoms with van der Waals surface area (Å²) in [6.45, 7) is 8.14. The summed E-state index contributed by atoms with van der Waals surface area (Å²) in [5, 5.41) is 6.73. The average molecular weight is 495 g/mol. The molecule has 1 saturated heterocycles. The van der Waals surface area contributed by atoms with Crippen LogP contribution in [0.2, 0.25) is 0 Å². The maximum atomic E-state index is 5.79. The SMILES string of the molecule is CCOCCCN=C(NCCCOC1CCOC1)NCCc1ccco1.I. The van der Waals surface area contributed by atoms with Crippen LogP contribution >= 0.6 is 24.0 Å². The highest BCUT2D eigenvalue weighted by molar-refractivity contribution is 14.0. The molecule has 8 heteroatoms. The Morgan fingerprint density at radius 2 is 2.15 bits per heavy atom. The third-order valence-corrected chi connectivity index (χ3v) is 4.02. The van der Waals surface area contributed by atoms with Crippen LogP contribution in [0.3, 0.4) is 0 Å². The van der Waals surface area contributed by atoms with Crippen LogP contribution < -0.4 is 10.6 Å². The second-order valence-electron chi connectivity index (χ2n) is 6.17. The van der Waals surface area contributed by atoms with Crippen LogP contribution in [0.4, 0.5) is 0 Å². The summed E-state index contributed by atoms with van der Waals surface area (Å²) in [6, 6.07) is 3.89. The van der Waals surface area contributed by atoms with E-state index in [1.54, 1.807) is 6.26 Å². The Morgan fingerprint density at radius 1 is 1.26 bits per heavy atom. The van der Waals surface area contributed by atoms with Gasteiger partial charge in [-0.3, -0.25) is 4.99 Å². The molecular weight excluding hydrogens is 461 g/mol. The molecule has 0 amide bonds. The lowest BCUT2D eigenvalue weighted by atomic mass is 10.3. The van der Waals surface area contributed by atoms with Crippen LogP contribution in [0.5, 0.6) is 0 Å². The van der Waals surface area contributed by atoms with Crippen molar-refractivity contribution in [3.8, 4) is 0 Å². The predicted octanol–water partition coefficient (Wildman–Crippen LogP) is 2.60. The molecule has 1 fully saturated rings. The second kappa shape index (κ2) is 16.1. The van der Waals surface area contributed by atoms with Crippen LogP contribution in [0.25, 0.3) is 0 Å². The highest BCUT2D eigenvalue weighted by Gasteiger charge is 2.15. The van der Waals surface area contributed by atoms with Gasteiger partial charge in [-0.15, -0.1) is 24.0 Å². The molecule has 0 radical (unpaired) electrons. The Kier molecular flexibility index (Phi) is 14.5. The van der Waals surface area contributed by atoms with E-state index in [2.05, 4.69) is 15.6 Å². The Hall–Kier alpha value is -0.840. The van der Waals surface area contributed by atoms with Crippen molar-refractivity contribution in [2.75, 3.05) is 52.7 Å². The first-order valence-electron chi connectivity index (χ1n) is 9.70.